The third-order valence-electron chi connectivity index (χ3n) is 3.68. The number of hydrogen-bond acceptors (Lipinski definition) is 5. The smallest absolute Gasteiger partial charge is 0.257 e. The van der Waals surface area contributed by atoms with Gasteiger partial charge in [0, 0.05) is 6.04 Å². The second-order valence-corrected chi connectivity index (χ2v) is 5.19. The summed E-state index contributed by atoms with van der Waals surface area (Å²) in [6.45, 7) is 1.73. The lowest BCUT2D eigenvalue weighted by Gasteiger charge is -2.23. The second-order valence-electron chi connectivity index (χ2n) is 5.19. The average Bonchev–Trinajstić information content (AvgIpc) is 2.49. The zero-order valence-electron chi connectivity index (χ0n) is 11.9. The third-order valence-corrected chi connectivity index (χ3v) is 3.68. The van der Waals surface area contributed by atoms with E-state index in [1.54, 1.807) is 0 Å². The Hall–Kier alpha value is -1.59. The molecule has 5 nitrogen and oxygen atoms in total. The van der Waals surface area contributed by atoms with Crippen molar-refractivity contribution < 1.29 is 4.74 Å². The highest BCUT2D eigenvalue weighted by Crippen LogP contribution is 2.21. The molecule has 0 amide bonds. The van der Waals surface area contributed by atoms with E-state index >= 15 is 0 Å². The number of piperidine rings is 1. The molecule has 0 aliphatic carbocycles. The molecule has 114 valence electrons. The topological polar surface area (TPSA) is 73.1 Å². The molecule has 1 unspecified atom stereocenters. The van der Waals surface area contributed by atoms with E-state index < -0.39 is 0 Å². The van der Waals surface area contributed by atoms with Crippen molar-refractivity contribution in [3.05, 3.63) is 24.3 Å². The van der Waals surface area contributed by atoms with Crippen LogP contribution in [0.4, 0.5) is 5.82 Å². The molecule has 6 heteroatoms. The number of nitrogen functional groups attached to an aromatic ring is 1. The molecule has 3 N–H and O–H groups in total. The summed E-state index contributed by atoms with van der Waals surface area (Å²) in [5.74, 6) is 0.805. The summed E-state index contributed by atoms with van der Waals surface area (Å²) in [6.07, 6.45) is 4.78. The van der Waals surface area contributed by atoms with E-state index in [9.17, 15) is 0 Å². The maximum absolute atomic E-state index is 5.89. The number of hydrogen-bond donors (Lipinski definition) is 2. The van der Waals surface area contributed by atoms with Crippen LogP contribution in [-0.2, 0) is 0 Å². The summed E-state index contributed by atoms with van der Waals surface area (Å²) in [4.78, 5) is 8.74. The van der Waals surface area contributed by atoms with Gasteiger partial charge < -0.3 is 15.8 Å². The molecule has 0 radical (unpaired) electrons. The second kappa shape index (κ2) is 7.43. The van der Waals surface area contributed by atoms with E-state index in [0.717, 1.165) is 24.0 Å². The first-order valence-corrected chi connectivity index (χ1v) is 7.21. The lowest BCUT2D eigenvalue weighted by molar-refractivity contribution is 0.262. The highest BCUT2D eigenvalue weighted by molar-refractivity contribution is 5.85. The first-order valence-electron chi connectivity index (χ1n) is 7.21. The number of benzene rings is 1. The van der Waals surface area contributed by atoms with Gasteiger partial charge in [-0.3, -0.25) is 0 Å². The molecule has 1 fully saturated rings. The number of nitrogens with two attached hydrogens (primary N) is 1. The lowest BCUT2D eigenvalue weighted by atomic mass is 10.0. The summed E-state index contributed by atoms with van der Waals surface area (Å²) >= 11 is 0. The number of anilines is 1. The Morgan fingerprint density at radius 2 is 1.95 bits per heavy atom. The minimum atomic E-state index is 0. The SMILES string of the molecule is Cl.Nc1nc2ccccc2nc1OCCC1CCCCN1. The van der Waals surface area contributed by atoms with Crippen molar-refractivity contribution in [3.8, 4) is 5.88 Å². The molecule has 0 spiro atoms. The van der Waals surface area contributed by atoms with Crippen molar-refractivity contribution >= 4 is 29.3 Å². The van der Waals surface area contributed by atoms with Gasteiger partial charge in [-0.2, -0.15) is 0 Å². The molecule has 0 bridgehead atoms. The Morgan fingerprint density at radius 3 is 2.67 bits per heavy atom. The highest BCUT2D eigenvalue weighted by Gasteiger charge is 2.13. The Labute approximate surface area is 130 Å². The number of nitrogens with zero attached hydrogens (tertiary/aromatic N) is 2. The normalized spacial score (nSPS) is 18.2. The van der Waals surface area contributed by atoms with Gasteiger partial charge in [-0.25, -0.2) is 9.97 Å². The Kier molecular flexibility index (Phi) is 5.59. The maximum atomic E-state index is 5.89. The molecule has 3 rings (SSSR count). The van der Waals surface area contributed by atoms with Gasteiger partial charge in [0.25, 0.3) is 5.88 Å². The van der Waals surface area contributed by atoms with Crippen molar-refractivity contribution in [1.82, 2.24) is 15.3 Å². The van der Waals surface area contributed by atoms with Gasteiger partial charge in [0.1, 0.15) is 0 Å². The van der Waals surface area contributed by atoms with Crippen molar-refractivity contribution in [2.75, 3.05) is 18.9 Å². The number of fused-ring (bicyclic) bond motifs is 1. The van der Waals surface area contributed by atoms with Gasteiger partial charge in [0.05, 0.1) is 17.6 Å². The van der Waals surface area contributed by atoms with Crippen LogP contribution in [0.2, 0.25) is 0 Å². The predicted octanol–water partition coefficient (Wildman–Crippen LogP) is 2.54. The number of nitrogens with one attached hydrogen (secondary N) is 1. The number of rotatable bonds is 4. The monoisotopic (exact) mass is 308 g/mol. The highest BCUT2D eigenvalue weighted by atomic mass is 35.5. The van der Waals surface area contributed by atoms with E-state index in [4.69, 9.17) is 10.5 Å². The molecule has 2 aromatic rings. The van der Waals surface area contributed by atoms with Gasteiger partial charge in [0.2, 0.25) is 0 Å². The van der Waals surface area contributed by atoms with Crippen molar-refractivity contribution in [3.63, 3.8) is 0 Å². The van der Waals surface area contributed by atoms with E-state index in [0.29, 0.717) is 24.3 Å². The minimum Gasteiger partial charge on any atom is -0.475 e. The molecule has 1 aromatic carbocycles. The summed E-state index contributed by atoms with van der Waals surface area (Å²) in [6, 6.07) is 8.22. The van der Waals surface area contributed by atoms with Gasteiger partial charge >= 0.3 is 0 Å². The fourth-order valence-corrected chi connectivity index (χ4v) is 2.57. The number of halogens is 1. The Balaban J connectivity index is 0.00000161. The van der Waals surface area contributed by atoms with E-state index in [-0.39, 0.29) is 12.4 Å². The molecular formula is C15H21ClN4O. The summed E-state index contributed by atoms with van der Waals surface area (Å²) < 4.78 is 5.71. The first kappa shape index (κ1) is 15.8. The minimum absolute atomic E-state index is 0. The van der Waals surface area contributed by atoms with Crippen LogP contribution in [0.5, 0.6) is 5.88 Å². The Bertz CT molecular complexity index is 587. The van der Waals surface area contributed by atoms with Crippen LogP contribution in [0.25, 0.3) is 11.0 Å². The summed E-state index contributed by atoms with van der Waals surface area (Å²) in [7, 11) is 0. The van der Waals surface area contributed by atoms with Crippen molar-refractivity contribution in [1.29, 1.82) is 0 Å². The molecule has 1 atom stereocenters. The van der Waals surface area contributed by atoms with Crippen LogP contribution in [0, 0.1) is 0 Å². The molecule has 1 aliphatic heterocycles. The van der Waals surface area contributed by atoms with Crippen LogP contribution in [-0.4, -0.2) is 29.2 Å². The number of aromatic nitrogens is 2. The lowest BCUT2D eigenvalue weighted by Crippen LogP contribution is -2.35. The summed E-state index contributed by atoms with van der Waals surface area (Å²) in [5, 5.41) is 3.50. The fraction of sp³-hybridized carbons (Fsp3) is 0.467. The van der Waals surface area contributed by atoms with E-state index in [1.807, 2.05) is 24.3 Å². The van der Waals surface area contributed by atoms with E-state index in [1.165, 1.54) is 19.3 Å². The van der Waals surface area contributed by atoms with Crippen LogP contribution in [0.1, 0.15) is 25.7 Å². The van der Waals surface area contributed by atoms with Crippen LogP contribution in [0.15, 0.2) is 24.3 Å². The quantitative estimate of drug-likeness (QED) is 0.908. The van der Waals surface area contributed by atoms with Crippen molar-refractivity contribution in [2.24, 2.45) is 0 Å². The van der Waals surface area contributed by atoms with Gasteiger partial charge in [-0.1, -0.05) is 18.6 Å². The third kappa shape index (κ3) is 3.95. The standard InChI is InChI=1S/C15H20N4O.ClH/c16-14-15(19-13-7-2-1-6-12(13)18-14)20-10-8-11-5-3-4-9-17-11;/h1-2,6-7,11,17H,3-5,8-10H2,(H2,16,18);1H. The van der Waals surface area contributed by atoms with Crippen molar-refractivity contribution in [2.45, 2.75) is 31.7 Å². The fourth-order valence-electron chi connectivity index (χ4n) is 2.57. The molecule has 0 saturated carbocycles. The van der Waals surface area contributed by atoms with Gasteiger partial charge in [-0.05, 0) is 37.9 Å². The summed E-state index contributed by atoms with van der Waals surface area (Å²) in [5.41, 5.74) is 7.50. The number of para-hydroxylation sites is 2. The Morgan fingerprint density at radius 1 is 1.19 bits per heavy atom. The molecule has 1 aromatic heterocycles. The van der Waals surface area contributed by atoms with Crippen LogP contribution in [0.3, 0.4) is 0 Å². The average molecular weight is 309 g/mol. The number of ether oxygens (including phenoxy) is 1. The molecule has 2 heterocycles. The zero-order chi connectivity index (χ0) is 13.8. The largest absolute Gasteiger partial charge is 0.475 e. The molecular weight excluding hydrogens is 288 g/mol. The van der Waals surface area contributed by atoms with Gasteiger partial charge in [-0.15, -0.1) is 12.4 Å². The van der Waals surface area contributed by atoms with E-state index in [2.05, 4.69) is 15.3 Å². The maximum Gasteiger partial charge on any atom is 0.257 e. The molecule has 1 saturated heterocycles. The van der Waals surface area contributed by atoms with Gasteiger partial charge in [0.15, 0.2) is 5.82 Å². The van der Waals surface area contributed by atoms with Crippen LogP contribution >= 0.6 is 12.4 Å². The molecule has 21 heavy (non-hydrogen) atoms. The predicted molar refractivity (Wildman–Crippen MR) is 87.0 cm³/mol. The van der Waals surface area contributed by atoms with Crippen LogP contribution < -0.4 is 15.8 Å². The zero-order valence-corrected chi connectivity index (χ0v) is 12.7. The first-order chi connectivity index (χ1) is 9.83. The molecule has 1 aliphatic rings.